The average molecular weight is 324 g/mol. The third-order valence-corrected chi connectivity index (χ3v) is 4.02. The number of hydrogen-bond donors (Lipinski definition) is 0. The molecule has 1 saturated heterocycles. The van der Waals surface area contributed by atoms with Crippen LogP contribution in [-0.4, -0.2) is 32.9 Å². The van der Waals surface area contributed by atoms with Crippen LogP contribution < -0.4 is 0 Å². The largest absolute Gasteiger partial charge is 0.485 e. The van der Waals surface area contributed by atoms with Crippen molar-refractivity contribution in [3.63, 3.8) is 0 Å². The highest BCUT2D eigenvalue weighted by molar-refractivity contribution is 6.50. The van der Waals surface area contributed by atoms with Gasteiger partial charge in [-0.3, -0.25) is 4.79 Å². The van der Waals surface area contributed by atoms with Gasteiger partial charge >= 0.3 is 13.1 Å². The van der Waals surface area contributed by atoms with Crippen molar-refractivity contribution in [2.75, 3.05) is 19.8 Å². The van der Waals surface area contributed by atoms with Gasteiger partial charge in [0.25, 0.3) is 0 Å². The Morgan fingerprint density at radius 1 is 1.26 bits per heavy atom. The third kappa shape index (κ3) is 9.82. The molecule has 0 unspecified atom stereocenters. The van der Waals surface area contributed by atoms with Gasteiger partial charge in [0.2, 0.25) is 0 Å². The van der Waals surface area contributed by atoms with Crippen molar-refractivity contribution in [2.45, 2.75) is 66.2 Å². The number of carbonyl (C=O) groups is 1. The second kappa shape index (κ2) is 10.9. The predicted molar refractivity (Wildman–Crippen MR) is 94.1 cm³/mol. The molecule has 4 nitrogen and oxygen atoms in total. The maximum Gasteiger partial charge on any atom is 0.485 e. The van der Waals surface area contributed by atoms with Gasteiger partial charge in [-0.2, -0.15) is 0 Å². The Kier molecular flexibility index (Phi) is 9.57. The summed E-state index contributed by atoms with van der Waals surface area (Å²) in [6, 6.07) is 0. The van der Waals surface area contributed by atoms with Gasteiger partial charge in [0.05, 0.1) is 6.61 Å². The van der Waals surface area contributed by atoms with Crippen LogP contribution in [0.1, 0.15) is 66.2 Å². The normalized spacial score (nSPS) is 19.0. The maximum absolute atomic E-state index is 11.3. The molecule has 1 heterocycles. The van der Waals surface area contributed by atoms with Crippen molar-refractivity contribution in [2.24, 2.45) is 11.3 Å². The van der Waals surface area contributed by atoms with Gasteiger partial charge in [-0.1, -0.05) is 45.7 Å². The van der Waals surface area contributed by atoms with Gasteiger partial charge in [0.15, 0.2) is 0 Å². The summed E-state index contributed by atoms with van der Waals surface area (Å²) >= 11 is 0. The van der Waals surface area contributed by atoms with Crippen LogP contribution in [0.5, 0.6) is 0 Å². The minimum atomic E-state index is -0.176. The van der Waals surface area contributed by atoms with Crippen LogP contribution in [0, 0.1) is 11.3 Å². The quantitative estimate of drug-likeness (QED) is 0.343. The van der Waals surface area contributed by atoms with Gasteiger partial charge in [0, 0.05) is 25.0 Å². The Balaban J connectivity index is 2.01. The van der Waals surface area contributed by atoms with Crippen LogP contribution in [0.4, 0.5) is 0 Å². The van der Waals surface area contributed by atoms with Crippen LogP contribution in [0.2, 0.25) is 0 Å². The van der Waals surface area contributed by atoms with Gasteiger partial charge in [0.1, 0.15) is 0 Å². The summed E-state index contributed by atoms with van der Waals surface area (Å²) in [5.74, 6) is 2.61. The Morgan fingerprint density at radius 3 is 2.57 bits per heavy atom. The lowest BCUT2D eigenvalue weighted by atomic mass is 9.83. The molecule has 1 aliphatic heterocycles. The Bertz CT molecular complexity index is 358. The van der Waals surface area contributed by atoms with E-state index in [0.29, 0.717) is 18.9 Å². The molecule has 5 heteroatoms. The third-order valence-electron chi connectivity index (χ3n) is 4.02. The molecule has 0 spiro atoms. The SMILES string of the molecule is CCOC(=O)CCC[C@H](C)CCC/C=C/B1OCC(C)(C)CO1. The second-order valence-electron chi connectivity index (χ2n) is 7.32. The van der Waals surface area contributed by atoms with Gasteiger partial charge in [-0.05, 0) is 32.1 Å². The number of hydrogen-bond acceptors (Lipinski definition) is 4. The summed E-state index contributed by atoms with van der Waals surface area (Å²) in [6.07, 6.45) is 8.12. The Labute approximate surface area is 142 Å². The summed E-state index contributed by atoms with van der Waals surface area (Å²) < 4.78 is 16.3. The van der Waals surface area contributed by atoms with Crippen molar-refractivity contribution in [3.8, 4) is 0 Å². The van der Waals surface area contributed by atoms with E-state index >= 15 is 0 Å². The lowest BCUT2D eigenvalue weighted by molar-refractivity contribution is -0.143. The minimum Gasteiger partial charge on any atom is -0.466 e. The average Bonchev–Trinajstić information content (AvgIpc) is 2.48. The summed E-state index contributed by atoms with van der Waals surface area (Å²) in [4.78, 5) is 11.3. The van der Waals surface area contributed by atoms with E-state index in [-0.39, 0.29) is 18.5 Å². The molecule has 0 aromatic rings. The molecule has 0 bridgehead atoms. The number of allylic oxidation sites excluding steroid dienone is 1. The molecule has 0 aliphatic carbocycles. The minimum absolute atomic E-state index is 0.0710. The number of ether oxygens (including phenoxy) is 1. The van der Waals surface area contributed by atoms with Crippen molar-refractivity contribution >= 4 is 13.1 Å². The van der Waals surface area contributed by atoms with Crippen LogP contribution in [-0.2, 0) is 18.8 Å². The molecule has 0 aromatic heterocycles. The molecular weight excluding hydrogens is 291 g/mol. The summed E-state index contributed by atoms with van der Waals surface area (Å²) in [5, 5.41) is 0. The highest BCUT2D eigenvalue weighted by Gasteiger charge is 2.29. The van der Waals surface area contributed by atoms with E-state index < -0.39 is 0 Å². The Hall–Kier alpha value is -0.805. The molecule has 23 heavy (non-hydrogen) atoms. The molecule has 0 N–H and O–H groups in total. The smallest absolute Gasteiger partial charge is 0.466 e. The molecule has 1 atom stereocenters. The lowest BCUT2D eigenvalue weighted by Gasteiger charge is -2.31. The fourth-order valence-electron chi connectivity index (χ4n) is 2.58. The fraction of sp³-hybridized carbons (Fsp3) is 0.833. The molecule has 0 radical (unpaired) electrons. The van der Waals surface area contributed by atoms with E-state index in [1.165, 1.54) is 6.42 Å². The molecule has 1 fully saturated rings. The Morgan fingerprint density at radius 2 is 1.91 bits per heavy atom. The van der Waals surface area contributed by atoms with Crippen LogP contribution in [0.15, 0.2) is 12.1 Å². The van der Waals surface area contributed by atoms with Crippen LogP contribution in [0.3, 0.4) is 0 Å². The summed E-state index contributed by atoms with van der Waals surface area (Å²) in [7, 11) is -0.176. The van der Waals surface area contributed by atoms with E-state index in [1.54, 1.807) is 0 Å². The predicted octanol–water partition coefficient (Wildman–Crippen LogP) is 4.18. The van der Waals surface area contributed by atoms with E-state index in [4.69, 9.17) is 14.0 Å². The van der Waals surface area contributed by atoms with E-state index in [2.05, 4.69) is 26.8 Å². The lowest BCUT2D eigenvalue weighted by Crippen LogP contribution is -2.39. The molecule has 1 rings (SSSR count). The first kappa shape index (κ1) is 20.2. The van der Waals surface area contributed by atoms with E-state index in [1.807, 2.05) is 12.9 Å². The monoisotopic (exact) mass is 324 g/mol. The van der Waals surface area contributed by atoms with Crippen molar-refractivity contribution < 1.29 is 18.8 Å². The zero-order valence-electron chi connectivity index (χ0n) is 15.3. The zero-order chi connectivity index (χ0) is 17.1. The second-order valence-corrected chi connectivity index (χ2v) is 7.32. The fourth-order valence-corrected chi connectivity index (χ4v) is 2.58. The number of carbonyl (C=O) groups excluding carboxylic acids is 1. The number of unbranched alkanes of at least 4 members (excludes halogenated alkanes) is 1. The van der Waals surface area contributed by atoms with Crippen molar-refractivity contribution in [1.82, 2.24) is 0 Å². The zero-order valence-corrected chi connectivity index (χ0v) is 15.3. The van der Waals surface area contributed by atoms with Gasteiger partial charge in [-0.15, -0.1) is 0 Å². The van der Waals surface area contributed by atoms with E-state index in [0.717, 1.165) is 38.9 Å². The van der Waals surface area contributed by atoms with Gasteiger partial charge < -0.3 is 14.0 Å². The maximum atomic E-state index is 11.3. The first-order chi connectivity index (χ1) is 10.9. The summed E-state index contributed by atoms with van der Waals surface area (Å²) in [5.41, 5.74) is 0.128. The molecule has 0 amide bonds. The number of esters is 1. The van der Waals surface area contributed by atoms with Crippen LogP contribution in [0.25, 0.3) is 0 Å². The molecular formula is C18H33BO4. The number of rotatable bonds is 10. The van der Waals surface area contributed by atoms with Crippen LogP contribution >= 0.6 is 0 Å². The molecule has 0 aromatic carbocycles. The summed E-state index contributed by atoms with van der Waals surface area (Å²) in [6.45, 7) is 10.4. The van der Waals surface area contributed by atoms with Crippen molar-refractivity contribution in [1.29, 1.82) is 0 Å². The molecule has 1 aliphatic rings. The first-order valence-corrected chi connectivity index (χ1v) is 8.98. The standard InChI is InChI=1S/C18H33BO4/c1-5-21-17(20)12-9-11-16(2)10-7-6-8-13-19-22-14-18(3,4)15-23-19/h8,13,16H,5-7,9-12,14-15H2,1-4H3/b13-8+/t16-/m1/s1. The van der Waals surface area contributed by atoms with E-state index in [9.17, 15) is 4.79 Å². The molecule has 0 saturated carbocycles. The topological polar surface area (TPSA) is 44.8 Å². The molecule has 132 valence electrons. The highest BCUT2D eigenvalue weighted by atomic mass is 16.6. The van der Waals surface area contributed by atoms with Gasteiger partial charge in [-0.25, -0.2) is 0 Å². The van der Waals surface area contributed by atoms with Crippen molar-refractivity contribution in [3.05, 3.63) is 12.1 Å². The first-order valence-electron chi connectivity index (χ1n) is 8.98. The highest BCUT2D eigenvalue weighted by Crippen LogP contribution is 2.22.